The van der Waals surface area contributed by atoms with Crippen molar-refractivity contribution in [3.63, 3.8) is 0 Å². The van der Waals surface area contributed by atoms with Gasteiger partial charge in [0, 0.05) is 28.9 Å². The van der Waals surface area contributed by atoms with Crippen LogP contribution in [0.1, 0.15) is 38.8 Å². The van der Waals surface area contributed by atoms with E-state index in [9.17, 15) is 19.7 Å². The highest BCUT2D eigenvalue weighted by Crippen LogP contribution is 2.15. The van der Waals surface area contributed by atoms with Crippen LogP contribution < -0.4 is 10.7 Å². The molecular formula is C23H20N4O4. The number of rotatable bonds is 6. The van der Waals surface area contributed by atoms with Crippen LogP contribution in [0.4, 0.5) is 11.4 Å². The van der Waals surface area contributed by atoms with Crippen LogP contribution in [0.5, 0.6) is 0 Å². The lowest BCUT2D eigenvalue weighted by molar-refractivity contribution is -0.384. The molecule has 0 aliphatic carbocycles. The summed E-state index contributed by atoms with van der Waals surface area (Å²) >= 11 is 0. The van der Waals surface area contributed by atoms with Gasteiger partial charge in [0.15, 0.2) is 0 Å². The van der Waals surface area contributed by atoms with E-state index in [1.807, 2.05) is 19.1 Å². The second-order valence-corrected chi connectivity index (χ2v) is 6.85. The fourth-order valence-corrected chi connectivity index (χ4v) is 2.84. The quantitative estimate of drug-likeness (QED) is 0.354. The summed E-state index contributed by atoms with van der Waals surface area (Å²) < 4.78 is 0. The number of nitrogens with one attached hydrogen (secondary N) is 2. The van der Waals surface area contributed by atoms with Crippen molar-refractivity contribution in [3.05, 3.63) is 105 Å². The average molecular weight is 416 g/mol. The Balaban J connectivity index is 1.70. The summed E-state index contributed by atoms with van der Waals surface area (Å²) in [4.78, 5) is 35.0. The van der Waals surface area contributed by atoms with Gasteiger partial charge >= 0.3 is 0 Å². The predicted octanol–water partition coefficient (Wildman–Crippen LogP) is 4.31. The van der Waals surface area contributed by atoms with Crippen LogP contribution in [0.2, 0.25) is 0 Å². The molecule has 0 saturated carbocycles. The fraction of sp³-hybridized carbons (Fsp3) is 0.0870. The molecule has 0 aliphatic heterocycles. The minimum atomic E-state index is -0.568. The van der Waals surface area contributed by atoms with Crippen molar-refractivity contribution in [1.29, 1.82) is 0 Å². The van der Waals surface area contributed by atoms with Gasteiger partial charge in [-0.05, 0) is 49.7 Å². The maximum absolute atomic E-state index is 12.4. The zero-order valence-corrected chi connectivity index (χ0v) is 17.0. The van der Waals surface area contributed by atoms with Crippen molar-refractivity contribution in [2.45, 2.75) is 13.8 Å². The number of benzene rings is 3. The predicted molar refractivity (Wildman–Crippen MR) is 118 cm³/mol. The van der Waals surface area contributed by atoms with Gasteiger partial charge in [-0.25, -0.2) is 5.43 Å². The van der Waals surface area contributed by atoms with Crippen molar-refractivity contribution in [2.75, 3.05) is 5.32 Å². The van der Waals surface area contributed by atoms with Gasteiger partial charge in [-0.1, -0.05) is 35.9 Å². The highest BCUT2D eigenvalue weighted by atomic mass is 16.6. The zero-order valence-electron chi connectivity index (χ0n) is 17.0. The fourth-order valence-electron chi connectivity index (χ4n) is 2.84. The molecule has 0 fully saturated rings. The van der Waals surface area contributed by atoms with E-state index in [1.165, 1.54) is 24.3 Å². The summed E-state index contributed by atoms with van der Waals surface area (Å²) in [6.07, 6.45) is 0. The molecule has 156 valence electrons. The zero-order chi connectivity index (χ0) is 22.4. The number of nitrogens with zero attached hydrogens (tertiary/aromatic N) is 2. The van der Waals surface area contributed by atoms with E-state index in [2.05, 4.69) is 15.8 Å². The molecule has 8 nitrogen and oxygen atoms in total. The van der Waals surface area contributed by atoms with E-state index in [0.717, 1.165) is 5.56 Å². The van der Waals surface area contributed by atoms with E-state index in [1.54, 1.807) is 43.3 Å². The van der Waals surface area contributed by atoms with E-state index in [0.29, 0.717) is 22.5 Å². The second kappa shape index (κ2) is 9.45. The molecule has 0 heterocycles. The first-order valence-electron chi connectivity index (χ1n) is 9.41. The molecule has 0 unspecified atom stereocenters. The summed E-state index contributed by atoms with van der Waals surface area (Å²) in [5.74, 6) is -0.790. The molecule has 0 saturated heterocycles. The molecule has 2 amide bonds. The van der Waals surface area contributed by atoms with Gasteiger partial charge < -0.3 is 5.32 Å². The van der Waals surface area contributed by atoms with Crippen LogP contribution in [0.15, 0.2) is 77.9 Å². The second-order valence-electron chi connectivity index (χ2n) is 6.85. The van der Waals surface area contributed by atoms with E-state index in [4.69, 9.17) is 0 Å². The number of nitro groups is 1. The highest BCUT2D eigenvalue weighted by Gasteiger charge is 2.11. The molecule has 0 atom stereocenters. The number of anilines is 1. The maximum atomic E-state index is 12.4. The van der Waals surface area contributed by atoms with Crippen LogP contribution in [0.25, 0.3) is 0 Å². The molecule has 2 N–H and O–H groups in total. The van der Waals surface area contributed by atoms with Crippen molar-refractivity contribution < 1.29 is 14.5 Å². The van der Waals surface area contributed by atoms with Crippen LogP contribution in [-0.4, -0.2) is 22.4 Å². The largest absolute Gasteiger partial charge is 0.322 e. The summed E-state index contributed by atoms with van der Waals surface area (Å²) in [6.45, 7) is 3.62. The molecule has 0 bridgehead atoms. The number of amides is 2. The summed E-state index contributed by atoms with van der Waals surface area (Å²) in [5.41, 5.74) is 5.68. The number of hydrazone groups is 1. The Morgan fingerprint density at radius 3 is 2.23 bits per heavy atom. The molecule has 8 heteroatoms. The Labute approximate surface area is 178 Å². The molecule has 3 aromatic rings. The minimum absolute atomic E-state index is 0.130. The number of nitro benzene ring substituents is 1. The van der Waals surface area contributed by atoms with Gasteiger partial charge in [-0.3, -0.25) is 19.7 Å². The van der Waals surface area contributed by atoms with Crippen molar-refractivity contribution in [2.24, 2.45) is 5.10 Å². The first-order valence-corrected chi connectivity index (χ1v) is 9.41. The third-order valence-electron chi connectivity index (χ3n) is 4.46. The van der Waals surface area contributed by atoms with Crippen LogP contribution >= 0.6 is 0 Å². The Morgan fingerprint density at radius 1 is 0.871 bits per heavy atom. The van der Waals surface area contributed by atoms with Crippen molar-refractivity contribution in [1.82, 2.24) is 5.43 Å². The number of hydrogen-bond acceptors (Lipinski definition) is 5. The molecule has 3 aromatic carbocycles. The normalized spacial score (nSPS) is 11.0. The first-order chi connectivity index (χ1) is 14.8. The Kier molecular flexibility index (Phi) is 6.51. The van der Waals surface area contributed by atoms with Gasteiger partial charge in [0.2, 0.25) is 0 Å². The van der Waals surface area contributed by atoms with Crippen LogP contribution in [0.3, 0.4) is 0 Å². The van der Waals surface area contributed by atoms with Gasteiger partial charge in [0.25, 0.3) is 17.5 Å². The lowest BCUT2D eigenvalue weighted by atomic mass is 10.1. The molecule has 0 aliphatic rings. The lowest BCUT2D eigenvalue weighted by Crippen LogP contribution is -2.19. The van der Waals surface area contributed by atoms with E-state index < -0.39 is 10.8 Å². The lowest BCUT2D eigenvalue weighted by Gasteiger charge is -2.08. The summed E-state index contributed by atoms with van der Waals surface area (Å²) in [5, 5.41) is 17.8. The van der Waals surface area contributed by atoms with Crippen molar-refractivity contribution in [3.8, 4) is 0 Å². The third kappa shape index (κ3) is 5.60. The molecule has 3 rings (SSSR count). The Morgan fingerprint density at radius 2 is 1.52 bits per heavy atom. The first kappa shape index (κ1) is 21.4. The number of aryl methyl sites for hydroxylation is 1. The smallest absolute Gasteiger partial charge is 0.271 e. The molecule has 0 aromatic heterocycles. The van der Waals surface area contributed by atoms with Crippen molar-refractivity contribution >= 4 is 28.9 Å². The van der Waals surface area contributed by atoms with Crippen LogP contribution in [-0.2, 0) is 0 Å². The number of carbonyl (C=O) groups is 2. The van der Waals surface area contributed by atoms with Gasteiger partial charge in [0.05, 0.1) is 10.6 Å². The Bertz CT molecular complexity index is 1190. The molecule has 31 heavy (non-hydrogen) atoms. The third-order valence-corrected chi connectivity index (χ3v) is 4.46. The minimum Gasteiger partial charge on any atom is -0.322 e. The van der Waals surface area contributed by atoms with Gasteiger partial charge in [-0.2, -0.15) is 5.10 Å². The summed E-state index contributed by atoms with van der Waals surface area (Å²) in [6, 6.07) is 19.7. The number of carbonyl (C=O) groups excluding carboxylic acids is 2. The Hall–Kier alpha value is -4.33. The van der Waals surface area contributed by atoms with E-state index in [-0.39, 0.29) is 17.2 Å². The topological polar surface area (TPSA) is 114 Å². The standard InChI is InChI=1S/C23H20N4O4/c1-15-6-3-8-18(12-15)22(28)24-20-10-4-7-17(13-20)16(2)25-26-23(29)19-9-5-11-21(14-19)27(30)31/h3-14H,1-2H3,(H,24,28)(H,26,29). The maximum Gasteiger partial charge on any atom is 0.271 e. The number of hydrogen-bond donors (Lipinski definition) is 2. The monoisotopic (exact) mass is 416 g/mol. The molecular weight excluding hydrogens is 396 g/mol. The number of non-ortho nitro benzene ring substituents is 1. The van der Waals surface area contributed by atoms with Gasteiger partial charge in [0.1, 0.15) is 0 Å². The highest BCUT2D eigenvalue weighted by molar-refractivity contribution is 6.06. The van der Waals surface area contributed by atoms with E-state index >= 15 is 0 Å². The SMILES string of the molecule is CC(=NNC(=O)c1cccc([N+](=O)[O-])c1)c1cccc(NC(=O)c2cccc(C)c2)c1. The van der Waals surface area contributed by atoms with Gasteiger partial charge in [-0.15, -0.1) is 0 Å². The van der Waals surface area contributed by atoms with Crippen LogP contribution in [0, 0.1) is 17.0 Å². The molecule has 0 radical (unpaired) electrons. The molecule has 0 spiro atoms. The summed E-state index contributed by atoms with van der Waals surface area (Å²) in [7, 11) is 0. The average Bonchev–Trinajstić information content (AvgIpc) is 2.77.